The van der Waals surface area contributed by atoms with Crippen LogP contribution in [0.2, 0.25) is 0 Å². The SMILES string of the molecule is COC(=O)c1cc(NC(=S)NCC(C)C)c2cc(Cc3ccc(F)cc3)cnc2c1OC. The Hall–Kier alpha value is -3.26. The van der Waals surface area contributed by atoms with E-state index in [1.165, 1.54) is 26.4 Å². The number of ether oxygens (including phenoxy) is 2. The van der Waals surface area contributed by atoms with Gasteiger partial charge < -0.3 is 20.1 Å². The summed E-state index contributed by atoms with van der Waals surface area (Å²) in [4.78, 5) is 17.0. The van der Waals surface area contributed by atoms with Crippen LogP contribution in [0, 0.1) is 11.7 Å². The normalized spacial score (nSPS) is 10.8. The lowest BCUT2D eigenvalue weighted by Crippen LogP contribution is -2.31. The van der Waals surface area contributed by atoms with E-state index in [1.807, 2.05) is 6.07 Å². The fraction of sp³-hybridized carbons (Fsp3) is 0.292. The first-order valence-electron chi connectivity index (χ1n) is 10.2. The summed E-state index contributed by atoms with van der Waals surface area (Å²) < 4.78 is 23.7. The van der Waals surface area contributed by atoms with Crippen molar-refractivity contribution in [2.75, 3.05) is 26.1 Å². The highest BCUT2D eigenvalue weighted by Crippen LogP contribution is 2.35. The molecular weight excluding hydrogens is 429 g/mol. The van der Waals surface area contributed by atoms with Gasteiger partial charge in [0.2, 0.25) is 0 Å². The van der Waals surface area contributed by atoms with E-state index in [-0.39, 0.29) is 11.4 Å². The van der Waals surface area contributed by atoms with E-state index in [0.29, 0.717) is 40.9 Å². The first-order valence-corrected chi connectivity index (χ1v) is 10.6. The molecule has 1 aromatic heterocycles. The monoisotopic (exact) mass is 455 g/mol. The maximum Gasteiger partial charge on any atom is 0.341 e. The Balaban J connectivity index is 2.07. The maximum atomic E-state index is 13.2. The molecular formula is C24H26FN3O3S. The summed E-state index contributed by atoms with van der Waals surface area (Å²) in [7, 11) is 2.80. The molecule has 0 atom stereocenters. The Labute approximate surface area is 192 Å². The summed E-state index contributed by atoms with van der Waals surface area (Å²) in [6, 6.07) is 9.96. The fourth-order valence-electron chi connectivity index (χ4n) is 3.28. The maximum absolute atomic E-state index is 13.2. The standard InChI is InChI=1S/C24H26FN3O3S/c1-14(2)12-27-24(32)28-20-11-19(23(29)31-4)22(30-3)21-18(20)10-16(13-26-21)9-15-5-7-17(25)8-6-15/h5-8,10-11,13-14H,9,12H2,1-4H3,(H2,27,28,32). The Morgan fingerprint density at radius 3 is 2.50 bits per heavy atom. The number of fused-ring (bicyclic) bond motifs is 1. The Morgan fingerprint density at radius 2 is 1.88 bits per heavy atom. The van der Waals surface area contributed by atoms with Crippen LogP contribution in [-0.4, -0.2) is 36.8 Å². The summed E-state index contributed by atoms with van der Waals surface area (Å²) in [5.41, 5.74) is 3.23. The van der Waals surface area contributed by atoms with E-state index in [4.69, 9.17) is 21.7 Å². The second kappa shape index (κ2) is 10.4. The number of anilines is 1. The smallest absolute Gasteiger partial charge is 0.341 e. The number of nitrogens with one attached hydrogen (secondary N) is 2. The Kier molecular flexibility index (Phi) is 7.58. The molecule has 168 valence electrons. The lowest BCUT2D eigenvalue weighted by Gasteiger charge is -2.17. The second-order valence-electron chi connectivity index (χ2n) is 7.77. The molecule has 1 heterocycles. The van der Waals surface area contributed by atoms with Gasteiger partial charge in [-0.25, -0.2) is 9.18 Å². The predicted octanol–water partition coefficient (Wildman–Crippen LogP) is 4.70. The zero-order chi connectivity index (χ0) is 23.3. The molecule has 6 nitrogen and oxygen atoms in total. The molecule has 32 heavy (non-hydrogen) atoms. The molecule has 0 unspecified atom stereocenters. The molecule has 0 aliphatic carbocycles. The minimum atomic E-state index is -0.537. The van der Waals surface area contributed by atoms with Crippen LogP contribution in [0.1, 0.15) is 35.3 Å². The van der Waals surface area contributed by atoms with Crippen molar-refractivity contribution in [3.63, 3.8) is 0 Å². The number of pyridine rings is 1. The number of nitrogens with zero attached hydrogens (tertiary/aromatic N) is 1. The number of thiocarbonyl (C=S) groups is 1. The van der Waals surface area contributed by atoms with Crippen LogP contribution in [0.5, 0.6) is 5.75 Å². The molecule has 0 saturated heterocycles. The van der Waals surface area contributed by atoms with Gasteiger partial charge in [-0.3, -0.25) is 4.98 Å². The first-order chi connectivity index (χ1) is 15.3. The van der Waals surface area contributed by atoms with E-state index in [2.05, 4.69) is 29.5 Å². The molecule has 0 bridgehead atoms. The summed E-state index contributed by atoms with van der Waals surface area (Å²) in [5, 5.41) is 7.51. The van der Waals surface area contributed by atoms with E-state index < -0.39 is 5.97 Å². The van der Waals surface area contributed by atoms with Gasteiger partial charge in [-0.1, -0.05) is 26.0 Å². The average molecular weight is 456 g/mol. The molecule has 0 aliphatic heterocycles. The van der Waals surface area contributed by atoms with Crippen LogP contribution >= 0.6 is 12.2 Å². The van der Waals surface area contributed by atoms with Crippen LogP contribution in [0.15, 0.2) is 42.6 Å². The molecule has 3 rings (SSSR count). The fourth-order valence-corrected chi connectivity index (χ4v) is 3.47. The van der Waals surface area contributed by atoms with Gasteiger partial charge in [0, 0.05) is 18.1 Å². The van der Waals surface area contributed by atoms with Crippen molar-refractivity contribution in [3.05, 3.63) is 65.1 Å². The van der Waals surface area contributed by atoms with Crippen LogP contribution in [0.3, 0.4) is 0 Å². The predicted molar refractivity (Wildman–Crippen MR) is 128 cm³/mol. The van der Waals surface area contributed by atoms with Crippen molar-refractivity contribution in [1.82, 2.24) is 10.3 Å². The molecule has 3 aromatic rings. The summed E-state index contributed by atoms with van der Waals surface area (Å²) in [6.45, 7) is 4.87. The number of hydrogen-bond donors (Lipinski definition) is 2. The lowest BCUT2D eigenvalue weighted by molar-refractivity contribution is 0.0597. The molecule has 0 radical (unpaired) electrons. The van der Waals surface area contributed by atoms with E-state index in [9.17, 15) is 9.18 Å². The summed E-state index contributed by atoms with van der Waals surface area (Å²) in [6.07, 6.45) is 2.29. The molecule has 0 fully saturated rings. The average Bonchev–Trinajstić information content (AvgIpc) is 2.78. The number of esters is 1. The number of rotatable bonds is 7. The van der Waals surface area contributed by atoms with Crippen LogP contribution in [0.25, 0.3) is 10.9 Å². The Bertz CT molecular complexity index is 1130. The van der Waals surface area contributed by atoms with E-state index in [0.717, 1.165) is 16.5 Å². The topological polar surface area (TPSA) is 72.5 Å². The van der Waals surface area contributed by atoms with Gasteiger partial charge in [0.05, 0.1) is 19.9 Å². The highest BCUT2D eigenvalue weighted by atomic mass is 32.1. The van der Waals surface area contributed by atoms with Crippen LogP contribution in [-0.2, 0) is 11.2 Å². The highest BCUT2D eigenvalue weighted by molar-refractivity contribution is 7.80. The minimum Gasteiger partial charge on any atom is -0.494 e. The zero-order valence-corrected chi connectivity index (χ0v) is 19.3. The first kappa shape index (κ1) is 23.4. The second-order valence-corrected chi connectivity index (χ2v) is 8.18. The largest absolute Gasteiger partial charge is 0.494 e. The molecule has 0 spiro atoms. The number of halogens is 1. The number of methoxy groups -OCH3 is 2. The number of aromatic nitrogens is 1. The van der Waals surface area contributed by atoms with Gasteiger partial charge in [0.1, 0.15) is 16.9 Å². The third-order valence-corrected chi connectivity index (χ3v) is 5.08. The third kappa shape index (κ3) is 5.50. The van der Waals surface area contributed by atoms with E-state index >= 15 is 0 Å². The van der Waals surface area contributed by atoms with Crippen molar-refractivity contribution in [2.45, 2.75) is 20.3 Å². The van der Waals surface area contributed by atoms with Crippen molar-refractivity contribution in [1.29, 1.82) is 0 Å². The summed E-state index contributed by atoms with van der Waals surface area (Å²) >= 11 is 5.44. The molecule has 2 N–H and O–H groups in total. The highest BCUT2D eigenvalue weighted by Gasteiger charge is 2.21. The third-order valence-electron chi connectivity index (χ3n) is 4.83. The Morgan fingerprint density at radius 1 is 1.16 bits per heavy atom. The molecule has 2 aromatic carbocycles. The molecule has 0 saturated carbocycles. The van der Waals surface area contributed by atoms with Crippen molar-refractivity contribution < 1.29 is 18.7 Å². The number of benzene rings is 2. The zero-order valence-electron chi connectivity index (χ0n) is 18.5. The quantitative estimate of drug-likeness (QED) is 0.395. The van der Waals surface area contributed by atoms with Crippen molar-refractivity contribution >= 4 is 39.9 Å². The van der Waals surface area contributed by atoms with Crippen LogP contribution in [0.4, 0.5) is 10.1 Å². The number of carbonyl (C=O) groups is 1. The van der Waals surface area contributed by atoms with Gasteiger partial charge in [-0.05, 0) is 59.9 Å². The van der Waals surface area contributed by atoms with Crippen molar-refractivity contribution in [3.8, 4) is 5.75 Å². The van der Waals surface area contributed by atoms with Crippen molar-refractivity contribution in [2.24, 2.45) is 5.92 Å². The van der Waals surface area contributed by atoms with Gasteiger partial charge in [-0.15, -0.1) is 0 Å². The van der Waals surface area contributed by atoms with Crippen LogP contribution < -0.4 is 15.4 Å². The minimum absolute atomic E-state index is 0.246. The van der Waals surface area contributed by atoms with Gasteiger partial charge >= 0.3 is 5.97 Å². The number of hydrogen-bond acceptors (Lipinski definition) is 5. The van der Waals surface area contributed by atoms with Gasteiger partial charge in [-0.2, -0.15) is 0 Å². The molecule has 8 heteroatoms. The molecule has 0 amide bonds. The van der Waals surface area contributed by atoms with Gasteiger partial charge in [0.15, 0.2) is 10.9 Å². The number of carbonyl (C=O) groups excluding carboxylic acids is 1. The lowest BCUT2D eigenvalue weighted by atomic mass is 10.0. The van der Waals surface area contributed by atoms with Gasteiger partial charge in [0.25, 0.3) is 0 Å². The summed E-state index contributed by atoms with van der Waals surface area (Å²) in [5.74, 6) is -0.0758. The van der Waals surface area contributed by atoms with E-state index in [1.54, 1.807) is 24.4 Å². The molecule has 0 aliphatic rings.